The number of carbonyl (C=O) groups excluding carboxylic acids is 2. The topological polar surface area (TPSA) is 58.2 Å². The van der Waals surface area contributed by atoms with Gasteiger partial charge in [0.05, 0.1) is 0 Å². The molecule has 22 heavy (non-hydrogen) atoms. The summed E-state index contributed by atoms with van der Waals surface area (Å²) < 4.78 is 14.3. The van der Waals surface area contributed by atoms with Gasteiger partial charge in [-0.3, -0.25) is 9.59 Å². The molecule has 0 bridgehead atoms. The molecule has 0 fully saturated rings. The summed E-state index contributed by atoms with van der Waals surface area (Å²) in [6, 6.07) is 11.4. The first-order valence-electron chi connectivity index (χ1n) is 6.56. The molecule has 0 aliphatic heterocycles. The fourth-order valence-electron chi connectivity index (χ4n) is 1.84. The zero-order valence-corrected chi connectivity index (χ0v) is 13.4. The van der Waals surface area contributed by atoms with E-state index in [4.69, 9.17) is 0 Å². The van der Waals surface area contributed by atoms with Gasteiger partial charge in [0.15, 0.2) is 0 Å². The number of anilines is 1. The first-order valence-corrected chi connectivity index (χ1v) is 7.35. The minimum atomic E-state index is -0.814. The van der Waals surface area contributed by atoms with Crippen LogP contribution in [0.2, 0.25) is 0 Å². The lowest BCUT2D eigenvalue weighted by Crippen LogP contribution is -2.35. The number of hydrogen-bond acceptors (Lipinski definition) is 2. The molecular formula is C16H14BrFN2O2. The van der Waals surface area contributed by atoms with E-state index in [-0.39, 0.29) is 6.54 Å². The van der Waals surface area contributed by atoms with Crippen molar-refractivity contribution < 1.29 is 14.0 Å². The Labute approximate surface area is 135 Å². The second-order valence-corrected chi connectivity index (χ2v) is 5.60. The van der Waals surface area contributed by atoms with Crippen molar-refractivity contribution in [2.24, 2.45) is 0 Å². The van der Waals surface area contributed by atoms with Crippen LogP contribution in [0.25, 0.3) is 0 Å². The molecule has 2 N–H and O–H groups in total. The lowest BCUT2D eigenvalue weighted by molar-refractivity contribution is -0.136. The molecule has 2 amide bonds. The molecule has 0 spiro atoms. The number of nitrogens with one attached hydrogen (secondary N) is 2. The van der Waals surface area contributed by atoms with Crippen molar-refractivity contribution in [3.63, 3.8) is 0 Å². The Morgan fingerprint density at radius 1 is 1.14 bits per heavy atom. The van der Waals surface area contributed by atoms with E-state index in [0.29, 0.717) is 11.3 Å². The van der Waals surface area contributed by atoms with E-state index in [2.05, 4.69) is 26.6 Å². The Morgan fingerprint density at radius 3 is 2.55 bits per heavy atom. The molecule has 0 aliphatic carbocycles. The van der Waals surface area contributed by atoms with Gasteiger partial charge in [-0.2, -0.15) is 0 Å². The maximum absolute atomic E-state index is 13.4. The number of hydrogen-bond donors (Lipinski definition) is 2. The van der Waals surface area contributed by atoms with Crippen molar-refractivity contribution in [2.45, 2.75) is 13.5 Å². The van der Waals surface area contributed by atoms with Crippen LogP contribution in [-0.2, 0) is 16.1 Å². The van der Waals surface area contributed by atoms with Crippen molar-refractivity contribution >= 4 is 33.4 Å². The SMILES string of the molecule is Cc1cc(Br)ccc1NC(=O)C(=O)NCc1ccccc1F. The van der Waals surface area contributed by atoms with Crippen LogP contribution in [0.1, 0.15) is 11.1 Å². The van der Waals surface area contributed by atoms with Crippen LogP contribution in [0, 0.1) is 12.7 Å². The molecule has 6 heteroatoms. The smallest absolute Gasteiger partial charge is 0.313 e. The van der Waals surface area contributed by atoms with Crippen LogP contribution >= 0.6 is 15.9 Å². The van der Waals surface area contributed by atoms with E-state index in [1.54, 1.807) is 30.3 Å². The largest absolute Gasteiger partial charge is 0.344 e. The molecule has 2 aromatic rings. The van der Waals surface area contributed by atoms with Gasteiger partial charge < -0.3 is 10.6 Å². The van der Waals surface area contributed by atoms with Crippen LogP contribution in [0.5, 0.6) is 0 Å². The number of carbonyl (C=O) groups is 2. The molecule has 0 heterocycles. The van der Waals surface area contributed by atoms with Crippen molar-refractivity contribution in [1.82, 2.24) is 5.32 Å². The summed E-state index contributed by atoms with van der Waals surface area (Å²) in [6.45, 7) is 1.77. The Hall–Kier alpha value is -2.21. The lowest BCUT2D eigenvalue weighted by atomic mass is 10.2. The van der Waals surface area contributed by atoms with Gasteiger partial charge in [-0.1, -0.05) is 34.1 Å². The summed E-state index contributed by atoms with van der Waals surface area (Å²) in [7, 11) is 0. The van der Waals surface area contributed by atoms with Crippen molar-refractivity contribution in [2.75, 3.05) is 5.32 Å². The van der Waals surface area contributed by atoms with E-state index in [0.717, 1.165) is 10.0 Å². The van der Waals surface area contributed by atoms with Gasteiger partial charge in [-0.25, -0.2) is 4.39 Å². The highest BCUT2D eigenvalue weighted by Gasteiger charge is 2.15. The summed E-state index contributed by atoms with van der Waals surface area (Å²) >= 11 is 3.32. The van der Waals surface area contributed by atoms with E-state index in [9.17, 15) is 14.0 Å². The zero-order valence-electron chi connectivity index (χ0n) is 11.8. The number of halogens is 2. The van der Waals surface area contributed by atoms with Gasteiger partial charge in [0.2, 0.25) is 0 Å². The van der Waals surface area contributed by atoms with Crippen LogP contribution in [0.3, 0.4) is 0 Å². The normalized spacial score (nSPS) is 10.1. The second kappa shape index (κ2) is 7.17. The average molecular weight is 365 g/mol. The fraction of sp³-hybridized carbons (Fsp3) is 0.125. The maximum atomic E-state index is 13.4. The van der Waals surface area contributed by atoms with Gasteiger partial charge >= 0.3 is 11.8 Å². The molecule has 0 saturated carbocycles. The predicted molar refractivity (Wildman–Crippen MR) is 85.8 cm³/mol. The number of aryl methyl sites for hydroxylation is 1. The van der Waals surface area contributed by atoms with Gasteiger partial charge in [0, 0.05) is 22.3 Å². The van der Waals surface area contributed by atoms with E-state index >= 15 is 0 Å². The summed E-state index contributed by atoms with van der Waals surface area (Å²) in [6.07, 6.45) is 0. The minimum Gasteiger partial charge on any atom is -0.344 e. The lowest BCUT2D eigenvalue weighted by Gasteiger charge is -2.09. The molecule has 2 aromatic carbocycles. The van der Waals surface area contributed by atoms with E-state index in [1.807, 2.05) is 13.0 Å². The van der Waals surface area contributed by atoms with Crippen LogP contribution in [0.4, 0.5) is 10.1 Å². The third-order valence-corrected chi connectivity index (χ3v) is 3.53. The average Bonchev–Trinajstić information content (AvgIpc) is 2.49. The van der Waals surface area contributed by atoms with Gasteiger partial charge in [0.1, 0.15) is 5.82 Å². The number of amides is 2. The molecular weight excluding hydrogens is 351 g/mol. The predicted octanol–water partition coefficient (Wildman–Crippen LogP) is 3.15. The molecule has 0 atom stereocenters. The van der Waals surface area contributed by atoms with Gasteiger partial charge in [-0.05, 0) is 36.8 Å². The molecule has 0 unspecified atom stereocenters. The van der Waals surface area contributed by atoms with Crippen LogP contribution < -0.4 is 10.6 Å². The second-order valence-electron chi connectivity index (χ2n) is 4.69. The molecule has 0 aliphatic rings. The van der Waals surface area contributed by atoms with Gasteiger partial charge in [-0.15, -0.1) is 0 Å². The molecule has 114 valence electrons. The molecule has 2 rings (SSSR count). The Bertz CT molecular complexity index is 719. The monoisotopic (exact) mass is 364 g/mol. The molecule has 0 saturated heterocycles. The summed E-state index contributed by atoms with van der Waals surface area (Å²) in [5.41, 5.74) is 1.70. The Balaban J connectivity index is 1.95. The summed E-state index contributed by atoms with van der Waals surface area (Å²) in [4.78, 5) is 23.6. The number of rotatable bonds is 3. The number of benzene rings is 2. The standard InChI is InChI=1S/C16H14BrFN2O2/c1-10-8-12(17)6-7-14(10)20-16(22)15(21)19-9-11-4-2-3-5-13(11)18/h2-8H,9H2,1H3,(H,19,21)(H,20,22). The molecule has 0 radical (unpaired) electrons. The zero-order chi connectivity index (χ0) is 16.1. The van der Waals surface area contributed by atoms with E-state index < -0.39 is 17.6 Å². The third kappa shape index (κ3) is 4.14. The fourth-order valence-corrected chi connectivity index (χ4v) is 2.32. The summed E-state index contributed by atoms with van der Waals surface area (Å²) in [5, 5.41) is 4.91. The highest BCUT2D eigenvalue weighted by atomic mass is 79.9. The van der Waals surface area contributed by atoms with Crippen LogP contribution in [-0.4, -0.2) is 11.8 Å². The van der Waals surface area contributed by atoms with Gasteiger partial charge in [0.25, 0.3) is 0 Å². The first-order chi connectivity index (χ1) is 10.5. The summed E-state index contributed by atoms with van der Waals surface area (Å²) in [5.74, 6) is -2.03. The van der Waals surface area contributed by atoms with E-state index in [1.165, 1.54) is 6.07 Å². The highest BCUT2D eigenvalue weighted by Crippen LogP contribution is 2.19. The third-order valence-electron chi connectivity index (χ3n) is 3.04. The first kappa shape index (κ1) is 16.2. The van der Waals surface area contributed by atoms with Crippen molar-refractivity contribution in [3.8, 4) is 0 Å². The molecule has 0 aromatic heterocycles. The highest BCUT2D eigenvalue weighted by molar-refractivity contribution is 9.10. The van der Waals surface area contributed by atoms with Crippen LogP contribution in [0.15, 0.2) is 46.9 Å². The maximum Gasteiger partial charge on any atom is 0.313 e. The quantitative estimate of drug-likeness (QED) is 0.821. The van der Waals surface area contributed by atoms with Crippen molar-refractivity contribution in [1.29, 1.82) is 0 Å². The molecule has 4 nitrogen and oxygen atoms in total. The minimum absolute atomic E-state index is 0.0434. The van der Waals surface area contributed by atoms with Crippen molar-refractivity contribution in [3.05, 3.63) is 63.9 Å². The Kier molecular flexibility index (Phi) is 5.27. The Morgan fingerprint density at radius 2 is 1.86 bits per heavy atom.